The minimum Gasteiger partial charge on any atom is -0.462 e. The number of ether oxygens (including phenoxy) is 3. The van der Waals surface area contributed by atoms with Gasteiger partial charge in [-0.3, -0.25) is 14.4 Å². The van der Waals surface area contributed by atoms with Crippen molar-refractivity contribution in [2.45, 2.75) is 290 Å². The van der Waals surface area contributed by atoms with E-state index in [1.165, 1.54) is 148 Å². The van der Waals surface area contributed by atoms with Gasteiger partial charge in [0, 0.05) is 19.3 Å². The SMILES string of the molecule is CCCCC/C=C\C/C=C\CCCCCCCCCC(=O)OCC(COC(=O)CCCCCCCCCCCCCCCC)OC(=O)CCCCCCC/C=C\C/C=C\CCCCC. The summed E-state index contributed by atoms with van der Waals surface area (Å²) in [6.07, 6.45) is 63.7. The van der Waals surface area contributed by atoms with Gasteiger partial charge in [-0.15, -0.1) is 0 Å². The maximum atomic E-state index is 12.8. The molecule has 0 saturated heterocycles. The molecule has 0 rings (SSSR count). The van der Waals surface area contributed by atoms with Crippen molar-refractivity contribution in [1.82, 2.24) is 0 Å². The lowest BCUT2D eigenvalue weighted by atomic mass is 10.0. The number of rotatable bonds is 50. The van der Waals surface area contributed by atoms with Crippen LogP contribution >= 0.6 is 0 Å². The molecule has 0 aliphatic heterocycles. The van der Waals surface area contributed by atoms with E-state index in [1.54, 1.807) is 0 Å². The highest BCUT2D eigenvalue weighted by atomic mass is 16.6. The van der Waals surface area contributed by atoms with Crippen LogP contribution in [0, 0.1) is 0 Å². The van der Waals surface area contributed by atoms with E-state index < -0.39 is 6.10 Å². The van der Waals surface area contributed by atoms with Crippen molar-refractivity contribution in [1.29, 1.82) is 0 Å². The Labute approximate surface area is 397 Å². The lowest BCUT2D eigenvalue weighted by Crippen LogP contribution is -2.30. The van der Waals surface area contributed by atoms with Crippen molar-refractivity contribution in [3.63, 3.8) is 0 Å². The standard InChI is InChI=1S/C58H104O6/c1-4-7-10-13-16-19-22-25-28-29-31-33-36-39-42-45-48-51-57(60)63-54-55(53-62-56(59)50-47-44-41-38-35-32-27-24-21-18-15-12-9-6-3)64-58(61)52-49-46-43-40-37-34-30-26-23-20-17-14-11-8-5-2/h16-17,19-20,25-26,28,30,55H,4-15,18,21-24,27,29,31-54H2,1-3H3/b19-16-,20-17-,28-25-,30-26-. The molecule has 0 spiro atoms. The van der Waals surface area contributed by atoms with Crippen LogP contribution in [0.1, 0.15) is 284 Å². The molecule has 0 fully saturated rings. The number of hydrogen-bond acceptors (Lipinski definition) is 6. The second-order valence-corrected chi connectivity index (χ2v) is 18.5. The molecule has 0 aromatic rings. The molecule has 0 N–H and O–H groups in total. The van der Waals surface area contributed by atoms with Gasteiger partial charge in [0.1, 0.15) is 13.2 Å². The summed E-state index contributed by atoms with van der Waals surface area (Å²) in [5.74, 6) is -0.889. The Kier molecular flexibility index (Phi) is 50.8. The van der Waals surface area contributed by atoms with Gasteiger partial charge in [0.05, 0.1) is 0 Å². The van der Waals surface area contributed by atoms with Crippen molar-refractivity contribution in [3.05, 3.63) is 48.6 Å². The lowest BCUT2D eigenvalue weighted by Gasteiger charge is -2.18. The molecule has 64 heavy (non-hydrogen) atoms. The molecule has 0 heterocycles. The van der Waals surface area contributed by atoms with E-state index in [4.69, 9.17) is 14.2 Å². The molecule has 1 unspecified atom stereocenters. The fraction of sp³-hybridized carbons (Fsp3) is 0.810. The maximum Gasteiger partial charge on any atom is 0.306 e. The number of esters is 3. The third-order valence-electron chi connectivity index (χ3n) is 12.1. The van der Waals surface area contributed by atoms with Gasteiger partial charge in [0.15, 0.2) is 6.10 Å². The van der Waals surface area contributed by atoms with Gasteiger partial charge >= 0.3 is 17.9 Å². The van der Waals surface area contributed by atoms with Crippen LogP contribution in [0.4, 0.5) is 0 Å². The molecule has 0 bridgehead atoms. The molecular formula is C58H104O6. The highest BCUT2D eigenvalue weighted by Crippen LogP contribution is 2.15. The Morgan fingerprint density at radius 3 is 0.891 bits per heavy atom. The van der Waals surface area contributed by atoms with E-state index in [-0.39, 0.29) is 31.1 Å². The highest BCUT2D eigenvalue weighted by molar-refractivity contribution is 5.71. The van der Waals surface area contributed by atoms with Crippen LogP contribution in [0.2, 0.25) is 0 Å². The molecule has 0 saturated carbocycles. The van der Waals surface area contributed by atoms with Crippen molar-refractivity contribution in [2.24, 2.45) is 0 Å². The topological polar surface area (TPSA) is 78.9 Å². The van der Waals surface area contributed by atoms with Gasteiger partial charge in [0.2, 0.25) is 0 Å². The molecule has 0 aliphatic carbocycles. The number of hydrogen-bond donors (Lipinski definition) is 0. The third-order valence-corrected chi connectivity index (χ3v) is 12.1. The van der Waals surface area contributed by atoms with Crippen LogP contribution < -0.4 is 0 Å². The van der Waals surface area contributed by atoms with Gasteiger partial charge in [-0.2, -0.15) is 0 Å². The van der Waals surface area contributed by atoms with E-state index in [1.807, 2.05) is 0 Å². The number of carbonyl (C=O) groups is 3. The summed E-state index contributed by atoms with van der Waals surface area (Å²) in [5.41, 5.74) is 0. The molecule has 6 nitrogen and oxygen atoms in total. The van der Waals surface area contributed by atoms with E-state index in [0.717, 1.165) is 96.3 Å². The number of carbonyl (C=O) groups excluding carboxylic acids is 3. The van der Waals surface area contributed by atoms with Gasteiger partial charge in [0.25, 0.3) is 0 Å². The van der Waals surface area contributed by atoms with Gasteiger partial charge in [-0.05, 0) is 83.5 Å². The van der Waals surface area contributed by atoms with E-state index >= 15 is 0 Å². The summed E-state index contributed by atoms with van der Waals surface area (Å²) < 4.78 is 16.8. The molecule has 372 valence electrons. The van der Waals surface area contributed by atoms with Crippen LogP contribution in [0.25, 0.3) is 0 Å². The zero-order valence-electron chi connectivity index (χ0n) is 42.6. The summed E-state index contributed by atoms with van der Waals surface area (Å²) in [4.78, 5) is 38.1. The first-order chi connectivity index (χ1) is 31.5. The van der Waals surface area contributed by atoms with Crippen molar-refractivity contribution < 1.29 is 28.6 Å². The summed E-state index contributed by atoms with van der Waals surface area (Å²) in [7, 11) is 0. The molecule has 1 atom stereocenters. The number of allylic oxidation sites excluding steroid dienone is 8. The van der Waals surface area contributed by atoms with Crippen LogP contribution in [0.15, 0.2) is 48.6 Å². The second-order valence-electron chi connectivity index (χ2n) is 18.5. The average molecular weight is 897 g/mol. The van der Waals surface area contributed by atoms with Crippen molar-refractivity contribution >= 4 is 17.9 Å². The average Bonchev–Trinajstić information content (AvgIpc) is 3.29. The van der Waals surface area contributed by atoms with E-state index in [0.29, 0.717) is 19.3 Å². The molecule has 0 aromatic carbocycles. The zero-order valence-corrected chi connectivity index (χ0v) is 42.6. The first kappa shape index (κ1) is 61.4. The maximum absolute atomic E-state index is 12.8. The first-order valence-corrected chi connectivity index (χ1v) is 27.6. The summed E-state index contributed by atoms with van der Waals surface area (Å²) in [6, 6.07) is 0. The Morgan fingerprint density at radius 1 is 0.312 bits per heavy atom. The molecule has 0 amide bonds. The highest BCUT2D eigenvalue weighted by Gasteiger charge is 2.19. The minimum atomic E-state index is -0.781. The van der Waals surface area contributed by atoms with E-state index in [9.17, 15) is 14.4 Å². The summed E-state index contributed by atoms with van der Waals surface area (Å²) in [6.45, 7) is 6.59. The monoisotopic (exact) mass is 897 g/mol. The van der Waals surface area contributed by atoms with E-state index in [2.05, 4.69) is 69.4 Å². The third kappa shape index (κ3) is 50.4. The summed E-state index contributed by atoms with van der Waals surface area (Å²) >= 11 is 0. The Bertz CT molecular complexity index is 1120. The lowest BCUT2D eigenvalue weighted by molar-refractivity contribution is -0.167. The zero-order chi connectivity index (χ0) is 46.5. The Morgan fingerprint density at radius 2 is 0.562 bits per heavy atom. The van der Waals surface area contributed by atoms with Crippen molar-refractivity contribution in [2.75, 3.05) is 13.2 Å². The smallest absolute Gasteiger partial charge is 0.306 e. The fourth-order valence-electron chi connectivity index (χ4n) is 7.86. The minimum absolute atomic E-state index is 0.0788. The summed E-state index contributed by atoms with van der Waals surface area (Å²) in [5, 5.41) is 0. The van der Waals surface area contributed by atoms with Crippen LogP contribution in [-0.2, 0) is 28.6 Å². The number of unbranched alkanes of at least 4 members (excludes halogenated alkanes) is 31. The predicted molar refractivity (Wildman–Crippen MR) is 275 cm³/mol. The molecule has 6 heteroatoms. The van der Waals surface area contributed by atoms with Crippen LogP contribution in [0.5, 0.6) is 0 Å². The fourth-order valence-corrected chi connectivity index (χ4v) is 7.86. The van der Waals surface area contributed by atoms with Gasteiger partial charge in [-0.25, -0.2) is 0 Å². The largest absolute Gasteiger partial charge is 0.462 e. The Hall–Kier alpha value is -2.63. The molecular weight excluding hydrogens is 793 g/mol. The normalized spacial score (nSPS) is 12.4. The van der Waals surface area contributed by atoms with Crippen LogP contribution in [0.3, 0.4) is 0 Å². The van der Waals surface area contributed by atoms with Gasteiger partial charge < -0.3 is 14.2 Å². The molecule has 0 aromatic heterocycles. The quantitative estimate of drug-likeness (QED) is 0.0262. The van der Waals surface area contributed by atoms with Crippen molar-refractivity contribution in [3.8, 4) is 0 Å². The predicted octanol–water partition coefficient (Wildman–Crippen LogP) is 18.3. The molecule has 0 radical (unpaired) electrons. The second kappa shape index (κ2) is 53.0. The van der Waals surface area contributed by atoms with Gasteiger partial charge in [-0.1, -0.05) is 230 Å². The first-order valence-electron chi connectivity index (χ1n) is 27.6. The molecule has 0 aliphatic rings. The Balaban J connectivity index is 4.39. The van der Waals surface area contributed by atoms with Crippen LogP contribution in [-0.4, -0.2) is 37.2 Å².